The molecule has 2 N–H and O–H groups in total. The molecular formula is C13H25N3O. The van der Waals surface area contributed by atoms with Crippen LogP contribution in [0.5, 0.6) is 5.75 Å². The number of ether oxygens (including phenoxy) is 1. The van der Waals surface area contributed by atoms with Gasteiger partial charge in [-0.15, -0.1) is 0 Å². The Balaban J connectivity index is 2.96. The Morgan fingerprint density at radius 3 is 2.53 bits per heavy atom. The van der Waals surface area contributed by atoms with E-state index in [9.17, 15) is 0 Å². The zero-order valence-electron chi connectivity index (χ0n) is 11.6. The molecule has 2 unspecified atom stereocenters. The quantitative estimate of drug-likeness (QED) is 0.830. The average molecular weight is 239 g/mol. The molecule has 0 aliphatic rings. The summed E-state index contributed by atoms with van der Waals surface area (Å²) in [5.74, 6) is 1.42. The van der Waals surface area contributed by atoms with Gasteiger partial charge in [-0.25, -0.2) is 0 Å². The van der Waals surface area contributed by atoms with E-state index in [1.54, 1.807) is 13.3 Å². The first-order valence-corrected chi connectivity index (χ1v) is 6.38. The third-order valence-corrected chi connectivity index (χ3v) is 3.21. The van der Waals surface area contributed by atoms with Crippen molar-refractivity contribution in [3.05, 3.63) is 11.9 Å². The van der Waals surface area contributed by atoms with Crippen molar-refractivity contribution in [1.29, 1.82) is 0 Å². The largest absolute Gasteiger partial charge is 0.493 e. The van der Waals surface area contributed by atoms with Crippen LogP contribution in [0.1, 0.15) is 58.3 Å². The fourth-order valence-corrected chi connectivity index (χ4v) is 1.99. The molecule has 1 aromatic rings. The minimum atomic E-state index is -0.00944. The fourth-order valence-electron chi connectivity index (χ4n) is 1.99. The van der Waals surface area contributed by atoms with E-state index in [4.69, 9.17) is 10.5 Å². The summed E-state index contributed by atoms with van der Waals surface area (Å²) in [4.78, 5) is 0. The second-order valence-corrected chi connectivity index (χ2v) is 4.99. The van der Waals surface area contributed by atoms with E-state index in [1.165, 1.54) is 0 Å². The van der Waals surface area contributed by atoms with Crippen LogP contribution in [0.25, 0.3) is 0 Å². The molecule has 1 heterocycles. The fraction of sp³-hybridized carbons (Fsp3) is 0.769. The van der Waals surface area contributed by atoms with Crippen LogP contribution in [0.15, 0.2) is 6.20 Å². The maximum atomic E-state index is 6.29. The van der Waals surface area contributed by atoms with Gasteiger partial charge >= 0.3 is 0 Å². The second-order valence-electron chi connectivity index (χ2n) is 4.99. The lowest BCUT2D eigenvalue weighted by atomic mass is 9.97. The summed E-state index contributed by atoms with van der Waals surface area (Å²) in [5, 5.41) is 4.35. The van der Waals surface area contributed by atoms with Crippen LogP contribution < -0.4 is 10.5 Å². The number of hydrogen-bond donors (Lipinski definition) is 1. The van der Waals surface area contributed by atoms with Gasteiger partial charge in [-0.05, 0) is 26.2 Å². The van der Waals surface area contributed by atoms with Crippen molar-refractivity contribution >= 4 is 0 Å². The first kappa shape index (κ1) is 14.0. The standard InChI is InChI=1S/C13H25N3O/c1-6-10(4)7-11(14)13-12(17-5)8-15-16(13)9(2)3/h8-11H,6-7,14H2,1-5H3. The highest BCUT2D eigenvalue weighted by molar-refractivity contribution is 5.28. The molecule has 0 spiro atoms. The van der Waals surface area contributed by atoms with Crippen LogP contribution in [0.3, 0.4) is 0 Å². The molecule has 1 rings (SSSR count). The van der Waals surface area contributed by atoms with E-state index in [0.717, 1.165) is 24.3 Å². The Morgan fingerprint density at radius 2 is 2.06 bits per heavy atom. The molecule has 17 heavy (non-hydrogen) atoms. The number of aromatic nitrogens is 2. The lowest BCUT2D eigenvalue weighted by Crippen LogP contribution is -2.20. The zero-order chi connectivity index (χ0) is 13.0. The van der Waals surface area contributed by atoms with Crippen LogP contribution in [0.2, 0.25) is 0 Å². The number of rotatable bonds is 6. The van der Waals surface area contributed by atoms with Gasteiger partial charge in [-0.1, -0.05) is 20.3 Å². The van der Waals surface area contributed by atoms with Crippen molar-refractivity contribution in [2.45, 2.75) is 52.6 Å². The summed E-state index contributed by atoms with van der Waals surface area (Å²) in [6, 6.07) is 0.293. The number of hydrogen-bond acceptors (Lipinski definition) is 3. The molecule has 0 saturated heterocycles. The molecule has 0 radical (unpaired) electrons. The predicted molar refractivity (Wildman–Crippen MR) is 70.2 cm³/mol. The van der Waals surface area contributed by atoms with Crippen LogP contribution in [0.4, 0.5) is 0 Å². The number of methoxy groups -OCH3 is 1. The maximum Gasteiger partial charge on any atom is 0.161 e. The van der Waals surface area contributed by atoms with Gasteiger partial charge in [0.1, 0.15) is 0 Å². The molecule has 0 aromatic carbocycles. The van der Waals surface area contributed by atoms with E-state index in [2.05, 4.69) is 32.8 Å². The Labute approximate surface area is 104 Å². The highest BCUT2D eigenvalue weighted by atomic mass is 16.5. The minimum Gasteiger partial charge on any atom is -0.493 e. The molecule has 4 heteroatoms. The van der Waals surface area contributed by atoms with Gasteiger partial charge in [0.15, 0.2) is 5.75 Å². The van der Waals surface area contributed by atoms with Crippen molar-refractivity contribution in [2.24, 2.45) is 11.7 Å². The number of nitrogens with zero attached hydrogens (tertiary/aromatic N) is 2. The lowest BCUT2D eigenvalue weighted by Gasteiger charge is -2.20. The highest BCUT2D eigenvalue weighted by Crippen LogP contribution is 2.30. The maximum absolute atomic E-state index is 6.29. The highest BCUT2D eigenvalue weighted by Gasteiger charge is 2.21. The van der Waals surface area contributed by atoms with Gasteiger partial charge < -0.3 is 10.5 Å². The van der Waals surface area contributed by atoms with Gasteiger partial charge in [0, 0.05) is 6.04 Å². The SMILES string of the molecule is CCC(C)CC(N)c1c(OC)cnn1C(C)C. The van der Waals surface area contributed by atoms with Crippen LogP contribution >= 0.6 is 0 Å². The first-order chi connectivity index (χ1) is 8.01. The van der Waals surface area contributed by atoms with Gasteiger partial charge in [0.05, 0.1) is 25.0 Å². The van der Waals surface area contributed by atoms with E-state index in [0.29, 0.717) is 12.0 Å². The van der Waals surface area contributed by atoms with E-state index < -0.39 is 0 Å². The molecule has 4 nitrogen and oxygen atoms in total. The molecule has 0 amide bonds. The third kappa shape index (κ3) is 3.22. The summed E-state index contributed by atoms with van der Waals surface area (Å²) in [6.07, 6.45) is 3.86. The molecule has 0 bridgehead atoms. The zero-order valence-corrected chi connectivity index (χ0v) is 11.6. The molecule has 0 fully saturated rings. The van der Waals surface area contributed by atoms with Crippen molar-refractivity contribution in [3.63, 3.8) is 0 Å². The van der Waals surface area contributed by atoms with E-state index in [-0.39, 0.29) is 6.04 Å². The van der Waals surface area contributed by atoms with Crippen molar-refractivity contribution < 1.29 is 4.74 Å². The molecule has 0 saturated carbocycles. The van der Waals surface area contributed by atoms with Gasteiger partial charge in [-0.3, -0.25) is 4.68 Å². The van der Waals surface area contributed by atoms with Crippen molar-refractivity contribution in [2.75, 3.05) is 7.11 Å². The smallest absolute Gasteiger partial charge is 0.161 e. The summed E-state index contributed by atoms with van der Waals surface area (Å²) in [7, 11) is 1.67. The van der Waals surface area contributed by atoms with Crippen molar-refractivity contribution in [3.8, 4) is 5.75 Å². The topological polar surface area (TPSA) is 53.1 Å². The van der Waals surface area contributed by atoms with Crippen LogP contribution in [0, 0.1) is 5.92 Å². The third-order valence-electron chi connectivity index (χ3n) is 3.21. The summed E-state index contributed by atoms with van der Waals surface area (Å²) >= 11 is 0. The van der Waals surface area contributed by atoms with Gasteiger partial charge in [0.25, 0.3) is 0 Å². The van der Waals surface area contributed by atoms with E-state index in [1.807, 2.05) is 4.68 Å². The summed E-state index contributed by atoms with van der Waals surface area (Å²) < 4.78 is 7.31. The molecule has 1 aromatic heterocycles. The summed E-state index contributed by atoms with van der Waals surface area (Å²) in [5.41, 5.74) is 7.31. The molecule has 2 atom stereocenters. The Hall–Kier alpha value is -1.03. The molecule has 98 valence electrons. The van der Waals surface area contributed by atoms with Crippen LogP contribution in [-0.4, -0.2) is 16.9 Å². The lowest BCUT2D eigenvalue weighted by molar-refractivity contribution is 0.378. The average Bonchev–Trinajstić information content (AvgIpc) is 2.72. The monoisotopic (exact) mass is 239 g/mol. The van der Waals surface area contributed by atoms with E-state index >= 15 is 0 Å². The van der Waals surface area contributed by atoms with Gasteiger partial charge in [-0.2, -0.15) is 5.10 Å². The normalized spacial score (nSPS) is 15.0. The molecular weight excluding hydrogens is 214 g/mol. The molecule has 0 aliphatic heterocycles. The van der Waals surface area contributed by atoms with Crippen molar-refractivity contribution in [1.82, 2.24) is 9.78 Å². The van der Waals surface area contributed by atoms with Gasteiger partial charge in [0.2, 0.25) is 0 Å². The number of nitrogens with two attached hydrogens (primary N) is 1. The minimum absolute atomic E-state index is 0.00944. The van der Waals surface area contributed by atoms with Crippen LogP contribution in [-0.2, 0) is 0 Å². The summed E-state index contributed by atoms with van der Waals surface area (Å²) in [6.45, 7) is 8.62. The molecule has 0 aliphatic carbocycles. The predicted octanol–water partition coefficient (Wildman–Crippen LogP) is 2.91. The first-order valence-electron chi connectivity index (χ1n) is 6.38. The second kappa shape index (κ2) is 6.05. The Morgan fingerprint density at radius 1 is 1.41 bits per heavy atom. The Bertz CT molecular complexity index is 346. The Kier molecular flexibility index (Phi) is 5.00.